The van der Waals surface area contributed by atoms with E-state index < -0.39 is 34.5 Å². The lowest BCUT2D eigenvalue weighted by Crippen LogP contribution is -2.13. The molecule has 1 heterocycles. The summed E-state index contributed by atoms with van der Waals surface area (Å²) < 4.78 is 81.7. The summed E-state index contributed by atoms with van der Waals surface area (Å²) in [5.74, 6) is -1.16. The van der Waals surface area contributed by atoms with Crippen molar-refractivity contribution in [1.29, 1.82) is 0 Å². The molecule has 136 valence electrons. The number of esters is 1. The predicted molar refractivity (Wildman–Crippen MR) is 77.3 cm³/mol. The van der Waals surface area contributed by atoms with Crippen LogP contribution in [0.1, 0.15) is 38.4 Å². The first-order chi connectivity index (χ1) is 11.5. The normalized spacial score (nSPS) is 12.3. The summed E-state index contributed by atoms with van der Waals surface area (Å²) in [6.45, 7) is 1.33. The molecule has 0 saturated heterocycles. The maximum Gasteiger partial charge on any atom is 0.435 e. The number of aromatic nitrogens is 1. The van der Waals surface area contributed by atoms with Crippen molar-refractivity contribution in [3.8, 4) is 0 Å². The number of alkyl halides is 6. The van der Waals surface area contributed by atoms with Crippen molar-refractivity contribution >= 4 is 17.3 Å². The lowest BCUT2D eigenvalue weighted by atomic mass is 10.1. The highest BCUT2D eigenvalue weighted by Gasteiger charge is 2.40. The van der Waals surface area contributed by atoms with Gasteiger partial charge in [0, 0.05) is 6.42 Å². The van der Waals surface area contributed by atoms with Crippen LogP contribution in [0.3, 0.4) is 0 Å². The predicted octanol–water partition coefficient (Wildman–Crippen LogP) is 4.95. The molecule has 25 heavy (non-hydrogen) atoms. The molecule has 0 N–H and O–H groups in total. The summed E-state index contributed by atoms with van der Waals surface area (Å²) in [5.41, 5.74) is -2.17. The van der Waals surface area contributed by atoms with E-state index in [0.29, 0.717) is 11.3 Å². The van der Waals surface area contributed by atoms with Gasteiger partial charge in [0.25, 0.3) is 0 Å². The Balaban J connectivity index is 2.36. The van der Waals surface area contributed by atoms with Crippen LogP contribution < -0.4 is 0 Å². The molecule has 0 spiro atoms. The van der Waals surface area contributed by atoms with Gasteiger partial charge in [-0.25, -0.2) is 9.78 Å². The second-order valence-corrected chi connectivity index (χ2v) is 5.96. The third-order valence-electron chi connectivity index (χ3n) is 3.01. The van der Waals surface area contributed by atoms with Crippen LogP contribution in [-0.2, 0) is 23.5 Å². The van der Waals surface area contributed by atoms with E-state index in [4.69, 9.17) is 0 Å². The summed E-state index contributed by atoms with van der Waals surface area (Å²) >= 11 is 0.456. The molecule has 0 radical (unpaired) electrons. The van der Waals surface area contributed by atoms with Crippen molar-refractivity contribution in [2.45, 2.75) is 25.7 Å². The largest absolute Gasteiger partial charge is 0.462 e. The number of benzene rings is 1. The Labute approximate surface area is 142 Å². The molecule has 10 heteroatoms. The van der Waals surface area contributed by atoms with Crippen molar-refractivity contribution in [3.63, 3.8) is 0 Å². The Morgan fingerprint density at radius 3 is 2.40 bits per heavy atom. The molecule has 0 amide bonds. The van der Waals surface area contributed by atoms with Crippen molar-refractivity contribution in [1.82, 2.24) is 4.98 Å². The SMILES string of the molecule is CCOC(=O)c1sc(Cc2cccc(C(F)(F)F)c2)nc1C(F)(F)F. The lowest BCUT2D eigenvalue weighted by Gasteiger charge is -2.07. The number of ether oxygens (including phenoxy) is 1. The summed E-state index contributed by atoms with van der Waals surface area (Å²) in [6.07, 6.45) is -9.70. The van der Waals surface area contributed by atoms with Gasteiger partial charge in [0.1, 0.15) is 4.88 Å². The van der Waals surface area contributed by atoms with Crippen LogP contribution in [0.2, 0.25) is 0 Å². The molecule has 0 aliphatic heterocycles. The van der Waals surface area contributed by atoms with Crippen LogP contribution in [0.5, 0.6) is 0 Å². The number of carbonyl (C=O) groups is 1. The molecule has 2 rings (SSSR count). The fourth-order valence-corrected chi connectivity index (χ4v) is 3.01. The van der Waals surface area contributed by atoms with Crippen molar-refractivity contribution < 1.29 is 35.9 Å². The van der Waals surface area contributed by atoms with Gasteiger partial charge in [-0.1, -0.05) is 18.2 Å². The summed E-state index contributed by atoms with van der Waals surface area (Å²) in [7, 11) is 0. The summed E-state index contributed by atoms with van der Waals surface area (Å²) in [6, 6.07) is 4.19. The van der Waals surface area contributed by atoms with Gasteiger partial charge in [0.15, 0.2) is 5.69 Å². The number of carbonyl (C=O) groups excluding carboxylic acids is 1. The van der Waals surface area contributed by atoms with Crippen molar-refractivity contribution in [2.24, 2.45) is 0 Å². The van der Waals surface area contributed by atoms with Gasteiger partial charge >= 0.3 is 18.3 Å². The van der Waals surface area contributed by atoms with Gasteiger partial charge in [-0.05, 0) is 18.6 Å². The van der Waals surface area contributed by atoms with Gasteiger partial charge < -0.3 is 4.74 Å². The summed E-state index contributed by atoms with van der Waals surface area (Å²) in [5, 5.41) is -0.130. The van der Waals surface area contributed by atoms with E-state index in [2.05, 4.69) is 9.72 Å². The van der Waals surface area contributed by atoms with Crippen LogP contribution in [0.25, 0.3) is 0 Å². The van der Waals surface area contributed by atoms with E-state index in [1.54, 1.807) is 0 Å². The van der Waals surface area contributed by atoms with Crippen molar-refractivity contribution in [2.75, 3.05) is 6.61 Å². The zero-order chi connectivity index (χ0) is 18.8. The number of hydrogen-bond acceptors (Lipinski definition) is 4. The fraction of sp³-hybridized carbons (Fsp3) is 0.333. The average molecular weight is 383 g/mol. The molecule has 2 aromatic rings. The van der Waals surface area contributed by atoms with Gasteiger partial charge in [0.05, 0.1) is 17.2 Å². The fourth-order valence-electron chi connectivity index (χ4n) is 2.00. The van der Waals surface area contributed by atoms with Crippen LogP contribution in [0.15, 0.2) is 24.3 Å². The van der Waals surface area contributed by atoms with Crippen LogP contribution >= 0.6 is 11.3 Å². The highest BCUT2D eigenvalue weighted by Crippen LogP contribution is 2.36. The first-order valence-corrected chi connectivity index (χ1v) is 7.74. The molecule has 0 atom stereocenters. The van der Waals surface area contributed by atoms with E-state index in [0.717, 1.165) is 18.2 Å². The highest BCUT2D eigenvalue weighted by molar-refractivity contribution is 7.13. The molecule has 0 saturated carbocycles. The topological polar surface area (TPSA) is 39.2 Å². The Morgan fingerprint density at radius 1 is 1.16 bits per heavy atom. The van der Waals surface area contributed by atoms with E-state index in [9.17, 15) is 31.1 Å². The Kier molecular flexibility index (Phi) is 5.40. The first-order valence-electron chi connectivity index (χ1n) is 6.92. The molecule has 0 unspecified atom stereocenters. The smallest absolute Gasteiger partial charge is 0.435 e. The molecule has 1 aromatic heterocycles. The number of hydrogen-bond donors (Lipinski definition) is 0. The molecule has 1 aromatic carbocycles. The number of halogens is 6. The molecule has 0 aliphatic carbocycles. The zero-order valence-corrected chi connectivity index (χ0v) is 13.5. The van der Waals surface area contributed by atoms with E-state index in [1.165, 1.54) is 13.0 Å². The number of nitrogens with zero attached hydrogens (tertiary/aromatic N) is 1. The minimum atomic E-state index is -4.87. The maximum atomic E-state index is 13.0. The molecule has 0 aliphatic rings. The quantitative estimate of drug-likeness (QED) is 0.554. The first kappa shape index (κ1) is 19.2. The number of thiazole rings is 1. The monoisotopic (exact) mass is 383 g/mol. The Hall–Kier alpha value is -2.10. The molecule has 0 fully saturated rings. The number of rotatable bonds is 4. The van der Waals surface area contributed by atoms with Crippen LogP contribution in [0, 0.1) is 0 Å². The zero-order valence-electron chi connectivity index (χ0n) is 12.7. The lowest BCUT2D eigenvalue weighted by molar-refractivity contribution is -0.141. The van der Waals surface area contributed by atoms with Gasteiger partial charge in [-0.15, -0.1) is 11.3 Å². The van der Waals surface area contributed by atoms with Gasteiger partial charge in [0.2, 0.25) is 0 Å². The Bertz CT molecular complexity index is 766. The Morgan fingerprint density at radius 2 is 1.84 bits per heavy atom. The summed E-state index contributed by atoms with van der Waals surface area (Å²) in [4.78, 5) is 14.3. The minimum absolute atomic E-state index is 0.114. The van der Waals surface area contributed by atoms with Crippen LogP contribution in [0.4, 0.5) is 26.3 Å². The molecule has 3 nitrogen and oxygen atoms in total. The second-order valence-electron chi connectivity index (χ2n) is 4.88. The van der Waals surface area contributed by atoms with E-state index >= 15 is 0 Å². The maximum absolute atomic E-state index is 13.0. The van der Waals surface area contributed by atoms with Gasteiger partial charge in [-0.3, -0.25) is 0 Å². The van der Waals surface area contributed by atoms with E-state index in [1.807, 2.05) is 0 Å². The molecular weight excluding hydrogens is 372 g/mol. The van der Waals surface area contributed by atoms with Crippen molar-refractivity contribution in [3.05, 3.63) is 51.0 Å². The molecule has 0 bridgehead atoms. The molecular formula is C15H11F6NO2S. The second kappa shape index (κ2) is 7.03. The van der Waals surface area contributed by atoms with E-state index in [-0.39, 0.29) is 23.6 Å². The standard InChI is InChI=1S/C15H11F6NO2S/c1-2-24-13(23)11-12(15(19,20)21)22-10(25-11)7-8-4-3-5-9(6-8)14(16,17)18/h3-6H,2,7H2,1H3. The highest BCUT2D eigenvalue weighted by atomic mass is 32.1. The van der Waals surface area contributed by atoms with Gasteiger partial charge in [-0.2, -0.15) is 26.3 Å². The van der Waals surface area contributed by atoms with Crippen LogP contribution in [-0.4, -0.2) is 17.6 Å². The average Bonchev–Trinajstić information content (AvgIpc) is 2.91. The third kappa shape index (κ3) is 4.71. The third-order valence-corrected chi connectivity index (χ3v) is 4.05. The minimum Gasteiger partial charge on any atom is -0.462 e.